The van der Waals surface area contributed by atoms with E-state index in [0.29, 0.717) is 21.4 Å². The van der Waals surface area contributed by atoms with Gasteiger partial charge >= 0.3 is 0 Å². The number of rotatable bonds is 2. The number of fused-ring (bicyclic) bond motifs is 3. The molecule has 0 saturated carbocycles. The standard InChI is InChI=1S/C17H10ClFN4O/c18-11-3-1-2-10(6-11)8-21-23-9-20-15-13-7-12(19)4-5-14(13)22-16(15)17(23)24/h1-9,22H/b21-8+. The Morgan fingerprint density at radius 3 is 2.96 bits per heavy atom. The zero-order valence-electron chi connectivity index (χ0n) is 12.2. The summed E-state index contributed by atoms with van der Waals surface area (Å²) in [7, 11) is 0. The second-order valence-corrected chi connectivity index (χ2v) is 5.67. The first-order valence-electron chi connectivity index (χ1n) is 7.10. The molecule has 0 atom stereocenters. The predicted molar refractivity (Wildman–Crippen MR) is 92.3 cm³/mol. The quantitative estimate of drug-likeness (QED) is 0.567. The van der Waals surface area contributed by atoms with Crippen LogP contribution in [0.2, 0.25) is 5.02 Å². The summed E-state index contributed by atoms with van der Waals surface area (Å²) >= 11 is 5.92. The maximum atomic E-state index is 13.4. The van der Waals surface area contributed by atoms with Gasteiger partial charge in [-0.3, -0.25) is 4.79 Å². The number of halogens is 2. The Bertz CT molecular complexity index is 1160. The van der Waals surface area contributed by atoms with Gasteiger partial charge in [0.1, 0.15) is 23.2 Å². The van der Waals surface area contributed by atoms with Crippen molar-refractivity contribution in [3.8, 4) is 0 Å². The number of hydrogen-bond acceptors (Lipinski definition) is 3. The highest BCUT2D eigenvalue weighted by atomic mass is 35.5. The lowest BCUT2D eigenvalue weighted by molar-refractivity contribution is 0.630. The molecule has 2 heterocycles. The molecule has 0 spiro atoms. The van der Waals surface area contributed by atoms with Crippen LogP contribution in [-0.2, 0) is 0 Å². The van der Waals surface area contributed by atoms with Crippen LogP contribution in [0.15, 0.2) is 58.7 Å². The summed E-state index contributed by atoms with van der Waals surface area (Å²) < 4.78 is 14.5. The van der Waals surface area contributed by atoms with Crippen molar-refractivity contribution in [3.05, 3.63) is 75.5 Å². The van der Waals surface area contributed by atoms with Crippen LogP contribution in [0.3, 0.4) is 0 Å². The molecule has 0 aliphatic carbocycles. The number of aromatic nitrogens is 3. The van der Waals surface area contributed by atoms with Gasteiger partial charge in [0.05, 0.1) is 6.21 Å². The molecule has 0 fully saturated rings. The smallest absolute Gasteiger partial charge is 0.298 e. The molecule has 0 amide bonds. The lowest BCUT2D eigenvalue weighted by Crippen LogP contribution is -2.17. The Kier molecular flexibility index (Phi) is 3.39. The predicted octanol–water partition coefficient (Wildman–Crippen LogP) is 3.55. The molecule has 0 aliphatic rings. The number of hydrogen-bond donors (Lipinski definition) is 1. The van der Waals surface area contributed by atoms with Crippen LogP contribution in [0.25, 0.3) is 21.9 Å². The van der Waals surface area contributed by atoms with Gasteiger partial charge in [-0.1, -0.05) is 23.7 Å². The van der Waals surface area contributed by atoms with Gasteiger partial charge in [-0.15, -0.1) is 0 Å². The van der Waals surface area contributed by atoms with Crippen molar-refractivity contribution in [2.45, 2.75) is 0 Å². The first-order valence-corrected chi connectivity index (χ1v) is 7.48. The molecular weight excluding hydrogens is 331 g/mol. The van der Waals surface area contributed by atoms with Crippen LogP contribution in [0.5, 0.6) is 0 Å². The van der Waals surface area contributed by atoms with Crippen LogP contribution < -0.4 is 5.56 Å². The highest BCUT2D eigenvalue weighted by Gasteiger charge is 2.11. The van der Waals surface area contributed by atoms with E-state index < -0.39 is 0 Å². The van der Waals surface area contributed by atoms with Crippen molar-refractivity contribution < 1.29 is 4.39 Å². The van der Waals surface area contributed by atoms with E-state index in [-0.39, 0.29) is 16.9 Å². The highest BCUT2D eigenvalue weighted by molar-refractivity contribution is 6.30. The van der Waals surface area contributed by atoms with Crippen LogP contribution >= 0.6 is 11.6 Å². The van der Waals surface area contributed by atoms with Crippen molar-refractivity contribution in [2.24, 2.45) is 5.10 Å². The SMILES string of the molecule is O=c1c2[nH]c3ccc(F)cc3c2ncn1/N=C/c1cccc(Cl)c1. The topological polar surface area (TPSA) is 63.0 Å². The normalized spacial score (nSPS) is 11.8. The Morgan fingerprint density at radius 2 is 2.12 bits per heavy atom. The van der Waals surface area contributed by atoms with Crippen molar-refractivity contribution >= 4 is 39.8 Å². The zero-order valence-corrected chi connectivity index (χ0v) is 13.0. The molecule has 7 heteroatoms. The Hall–Kier alpha value is -2.99. The summed E-state index contributed by atoms with van der Waals surface area (Å²) in [5.74, 6) is -0.381. The molecule has 0 aliphatic heterocycles. The first-order chi connectivity index (χ1) is 11.6. The molecule has 2 aromatic heterocycles. The largest absolute Gasteiger partial charge is 0.349 e. The van der Waals surface area contributed by atoms with Gasteiger partial charge in [0, 0.05) is 15.9 Å². The number of nitrogens with one attached hydrogen (secondary N) is 1. The monoisotopic (exact) mass is 340 g/mol. The summed E-state index contributed by atoms with van der Waals surface area (Å²) in [4.78, 5) is 19.7. The molecule has 118 valence electrons. The molecule has 5 nitrogen and oxygen atoms in total. The van der Waals surface area contributed by atoms with E-state index >= 15 is 0 Å². The van der Waals surface area contributed by atoms with Gasteiger partial charge in [0.2, 0.25) is 0 Å². The van der Waals surface area contributed by atoms with Gasteiger partial charge < -0.3 is 4.98 Å². The number of benzene rings is 2. The van der Waals surface area contributed by atoms with E-state index in [9.17, 15) is 9.18 Å². The summed E-state index contributed by atoms with van der Waals surface area (Å²) in [6.07, 6.45) is 2.83. The van der Waals surface area contributed by atoms with Crippen LogP contribution in [-0.4, -0.2) is 20.9 Å². The molecule has 2 aromatic carbocycles. The van der Waals surface area contributed by atoms with E-state index in [1.165, 1.54) is 24.7 Å². The molecule has 0 saturated heterocycles. The molecule has 1 N–H and O–H groups in total. The van der Waals surface area contributed by atoms with Crippen molar-refractivity contribution in [3.63, 3.8) is 0 Å². The molecule has 24 heavy (non-hydrogen) atoms. The summed E-state index contributed by atoms with van der Waals surface area (Å²) in [5, 5.41) is 5.26. The molecule has 0 bridgehead atoms. The molecule has 0 radical (unpaired) electrons. The van der Waals surface area contributed by atoms with E-state index in [1.54, 1.807) is 24.3 Å². The average Bonchev–Trinajstić information content (AvgIpc) is 2.93. The van der Waals surface area contributed by atoms with E-state index in [1.807, 2.05) is 6.07 Å². The minimum Gasteiger partial charge on any atom is -0.349 e. The maximum Gasteiger partial charge on any atom is 0.298 e. The average molecular weight is 341 g/mol. The van der Waals surface area contributed by atoms with Crippen LogP contribution in [0.1, 0.15) is 5.56 Å². The third-order valence-corrected chi connectivity index (χ3v) is 3.87. The van der Waals surface area contributed by atoms with E-state index in [2.05, 4.69) is 15.1 Å². The van der Waals surface area contributed by atoms with Gasteiger partial charge in [0.15, 0.2) is 0 Å². The third kappa shape index (κ3) is 2.47. The van der Waals surface area contributed by atoms with Crippen LogP contribution in [0, 0.1) is 5.82 Å². The van der Waals surface area contributed by atoms with Gasteiger partial charge in [-0.2, -0.15) is 9.78 Å². The number of aromatic amines is 1. The van der Waals surface area contributed by atoms with Gasteiger partial charge in [0.25, 0.3) is 5.56 Å². The Balaban J connectivity index is 1.84. The molecule has 4 rings (SSSR count). The maximum absolute atomic E-state index is 13.4. The Morgan fingerprint density at radius 1 is 1.25 bits per heavy atom. The number of nitrogens with zero attached hydrogens (tertiary/aromatic N) is 3. The third-order valence-electron chi connectivity index (χ3n) is 3.63. The molecule has 4 aromatic rings. The zero-order chi connectivity index (χ0) is 16.7. The highest BCUT2D eigenvalue weighted by Crippen LogP contribution is 2.22. The fourth-order valence-electron chi connectivity index (χ4n) is 2.52. The summed E-state index contributed by atoms with van der Waals surface area (Å²) in [6.45, 7) is 0. The van der Waals surface area contributed by atoms with Gasteiger partial charge in [-0.25, -0.2) is 9.37 Å². The van der Waals surface area contributed by atoms with E-state index in [0.717, 1.165) is 10.2 Å². The second-order valence-electron chi connectivity index (χ2n) is 5.23. The number of H-pyrrole nitrogens is 1. The fourth-order valence-corrected chi connectivity index (χ4v) is 2.71. The fraction of sp³-hybridized carbons (Fsp3) is 0. The summed E-state index contributed by atoms with van der Waals surface area (Å²) in [6, 6.07) is 11.3. The lowest BCUT2D eigenvalue weighted by Gasteiger charge is -1.98. The molecular formula is C17H10ClFN4O. The molecule has 0 unspecified atom stereocenters. The van der Waals surface area contributed by atoms with Crippen LogP contribution in [0.4, 0.5) is 4.39 Å². The van der Waals surface area contributed by atoms with E-state index in [4.69, 9.17) is 11.6 Å². The van der Waals surface area contributed by atoms with Crippen molar-refractivity contribution in [1.29, 1.82) is 0 Å². The lowest BCUT2D eigenvalue weighted by atomic mass is 10.2. The van der Waals surface area contributed by atoms with Crippen molar-refractivity contribution in [2.75, 3.05) is 0 Å². The minimum atomic E-state index is -0.381. The second kappa shape index (κ2) is 5.58. The Labute approximate surface area is 140 Å². The summed E-state index contributed by atoms with van der Waals surface area (Å²) in [5.41, 5.74) is 1.74. The minimum absolute atomic E-state index is 0.279. The van der Waals surface area contributed by atoms with Gasteiger partial charge in [-0.05, 0) is 35.9 Å². The first kappa shape index (κ1) is 14.6. The van der Waals surface area contributed by atoms with Crippen molar-refractivity contribution in [1.82, 2.24) is 14.6 Å².